The quantitative estimate of drug-likeness (QED) is 0.887. The maximum atomic E-state index is 5.59. The van der Waals surface area contributed by atoms with E-state index in [4.69, 9.17) is 10.5 Å². The van der Waals surface area contributed by atoms with Crippen molar-refractivity contribution in [2.45, 2.75) is 26.5 Å². The second-order valence-corrected chi connectivity index (χ2v) is 4.04. The Bertz CT molecular complexity index is 286. The number of benzene rings is 1. The van der Waals surface area contributed by atoms with Crippen molar-refractivity contribution in [2.75, 3.05) is 0 Å². The lowest BCUT2D eigenvalue weighted by Crippen LogP contribution is -2.09. The van der Waals surface area contributed by atoms with Gasteiger partial charge in [-0.3, -0.25) is 0 Å². The molecule has 0 saturated heterocycles. The molecule has 13 heavy (non-hydrogen) atoms. The van der Waals surface area contributed by atoms with Crippen LogP contribution in [0.5, 0.6) is 5.75 Å². The molecule has 0 aliphatic heterocycles. The minimum atomic E-state index is 0.187. The summed E-state index contributed by atoms with van der Waals surface area (Å²) < 4.78 is 6.62. The van der Waals surface area contributed by atoms with Gasteiger partial charge < -0.3 is 10.5 Å². The van der Waals surface area contributed by atoms with E-state index in [2.05, 4.69) is 15.9 Å². The van der Waals surface area contributed by atoms with Crippen LogP contribution in [0.4, 0.5) is 0 Å². The molecular weight excluding hydrogens is 230 g/mol. The van der Waals surface area contributed by atoms with E-state index < -0.39 is 0 Å². The minimum Gasteiger partial charge on any atom is -0.491 e. The standard InChI is InChI=1S/C10H14BrNO/c1-7(2)13-10-4-3-9(11)5-8(10)6-12/h3-5,7H,6,12H2,1-2H3. The molecule has 0 aromatic heterocycles. The molecule has 2 nitrogen and oxygen atoms in total. The van der Waals surface area contributed by atoms with Crippen LogP contribution in [0, 0.1) is 0 Å². The molecule has 2 N–H and O–H groups in total. The number of halogens is 1. The number of rotatable bonds is 3. The summed E-state index contributed by atoms with van der Waals surface area (Å²) in [6.07, 6.45) is 0.187. The highest BCUT2D eigenvalue weighted by Gasteiger charge is 2.04. The molecule has 72 valence electrons. The topological polar surface area (TPSA) is 35.2 Å². The van der Waals surface area contributed by atoms with Crippen LogP contribution in [0.1, 0.15) is 19.4 Å². The van der Waals surface area contributed by atoms with Crippen molar-refractivity contribution in [1.29, 1.82) is 0 Å². The molecule has 0 aliphatic rings. The van der Waals surface area contributed by atoms with Crippen molar-refractivity contribution in [1.82, 2.24) is 0 Å². The maximum Gasteiger partial charge on any atom is 0.124 e. The normalized spacial score (nSPS) is 10.5. The Morgan fingerprint density at radius 3 is 2.69 bits per heavy atom. The van der Waals surface area contributed by atoms with E-state index in [0.29, 0.717) is 6.54 Å². The second-order valence-electron chi connectivity index (χ2n) is 3.12. The van der Waals surface area contributed by atoms with Crippen LogP contribution >= 0.6 is 15.9 Å². The lowest BCUT2D eigenvalue weighted by Gasteiger charge is -2.13. The number of hydrogen-bond acceptors (Lipinski definition) is 2. The predicted octanol–water partition coefficient (Wildman–Crippen LogP) is 2.70. The van der Waals surface area contributed by atoms with E-state index in [1.54, 1.807) is 0 Å². The van der Waals surface area contributed by atoms with Gasteiger partial charge in [-0.05, 0) is 32.0 Å². The molecule has 0 bridgehead atoms. The van der Waals surface area contributed by atoms with Gasteiger partial charge in [0.2, 0.25) is 0 Å². The Balaban J connectivity index is 2.92. The van der Waals surface area contributed by atoms with Crippen LogP contribution < -0.4 is 10.5 Å². The molecule has 0 spiro atoms. The zero-order valence-corrected chi connectivity index (χ0v) is 9.47. The van der Waals surface area contributed by atoms with Gasteiger partial charge in [0.1, 0.15) is 5.75 Å². The molecule has 0 amide bonds. The van der Waals surface area contributed by atoms with Gasteiger partial charge in [0.05, 0.1) is 6.10 Å². The maximum absolute atomic E-state index is 5.59. The van der Waals surface area contributed by atoms with Gasteiger partial charge in [-0.2, -0.15) is 0 Å². The van der Waals surface area contributed by atoms with Crippen LogP contribution in [-0.2, 0) is 6.54 Å². The van der Waals surface area contributed by atoms with Gasteiger partial charge >= 0.3 is 0 Å². The molecule has 0 radical (unpaired) electrons. The fourth-order valence-electron chi connectivity index (χ4n) is 1.08. The molecule has 0 aliphatic carbocycles. The van der Waals surface area contributed by atoms with Crippen molar-refractivity contribution in [3.8, 4) is 5.75 Å². The highest BCUT2D eigenvalue weighted by molar-refractivity contribution is 9.10. The first-order chi connectivity index (χ1) is 6.13. The third-order valence-corrected chi connectivity index (χ3v) is 2.10. The lowest BCUT2D eigenvalue weighted by atomic mass is 10.2. The Morgan fingerprint density at radius 2 is 2.15 bits per heavy atom. The fraction of sp³-hybridized carbons (Fsp3) is 0.400. The summed E-state index contributed by atoms with van der Waals surface area (Å²) in [5.74, 6) is 0.876. The lowest BCUT2D eigenvalue weighted by molar-refractivity contribution is 0.240. The SMILES string of the molecule is CC(C)Oc1ccc(Br)cc1CN. The summed E-state index contributed by atoms with van der Waals surface area (Å²) in [7, 11) is 0. The van der Waals surface area contributed by atoms with Crippen LogP contribution in [-0.4, -0.2) is 6.10 Å². The highest BCUT2D eigenvalue weighted by atomic mass is 79.9. The van der Waals surface area contributed by atoms with E-state index >= 15 is 0 Å². The minimum absolute atomic E-state index is 0.187. The van der Waals surface area contributed by atoms with Crippen LogP contribution in [0.25, 0.3) is 0 Å². The molecular formula is C10H14BrNO. The van der Waals surface area contributed by atoms with Crippen molar-refractivity contribution in [3.63, 3.8) is 0 Å². The summed E-state index contributed by atoms with van der Waals surface area (Å²) in [6, 6.07) is 5.88. The van der Waals surface area contributed by atoms with Crippen LogP contribution in [0.3, 0.4) is 0 Å². The third-order valence-electron chi connectivity index (χ3n) is 1.61. The van der Waals surface area contributed by atoms with E-state index in [1.165, 1.54) is 0 Å². The van der Waals surface area contributed by atoms with Crippen molar-refractivity contribution in [3.05, 3.63) is 28.2 Å². The van der Waals surface area contributed by atoms with Gasteiger partial charge in [-0.25, -0.2) is 0 Å². The van der Waals surface area contributed by atoms with Gasteiger partial charge in [0.15, 0.2) is 0 Å². The average molecular weight is 244 g/mol. The van der Waals surface area contributed by atoms with Gasteiger partial charge in [0.25, 0.3) is 0 Å². The zero-order chi connectivity index (χ0) is 9.84. The monoisotopic (exact) mass is 243 g/mol. The molecule has 0 fully saturated rings. The molecule has 0 unspecified atom stereocenters. The molecule has 1 rings (SSSR count). The summed E-state index contributed by atoms with van der Waals surface area (Å²) in [6.45, 7) is 4.51. The van der Waals surface area contributed by atoms with Crippen molar-refractivity contribution < 1.29 is 4.74 Å². The summed E-state index contributed by atoms with van der Waals surface area (Å²) in [4.78, 5) is 0. The Labute approximate surface area is 87.2 Å². The van der Waals surface area contributed by atoms with E-state index in [1.807, 2.05) is 32.0 Å². The first-order valence-electron chi connectivity index (χ1n) is 4.28. The summed E-state index contributed by atoms with van der Waals surface area (Å²) in [5.41, 5.74) is 6.63. The molecule has 1 aromatic carbocycles. The molecule has 0 saturated carbocycles. The van der Waals surface area contributed by atoms with E-state index in [-0.39, 0.29) is 6.10 Å². The van der Waals surface area contributed by atoms with Gasteiger partial charge in [0, 0.05) is 16.6 Å². The number of ether oxygens (including phenoxy) is 1. The van der Waals surface area contributed by atoms with E-state index in [9.17, 15) is 0 Å². The molecule has 1 aromatic rings. The predicted molar refractivity (Wildman–Crippen MR) is 57.8 cm³/mol. The molecule has 0 atom stereocenters. The number of hydrogen-bond donors (Lipinski definition) is 1. The summed E-state index contributed by atoms with van der Waals surface area (Å²) >= 11 is 3.39. The zero-order valence-electron chi connectivity index (χ0n) is 7.88. The van der Waals surface area contributed by atoms with Crippen LogP contribution in [0.15, 0.2) is 22.7 Å². The van der Waals surface area contributed by atoms with Crippen molar-refractivity contribution in [2.24, 2.45) is 5.73 Å². The second kappa shape index (κ2) is 4.63. The fourth-order valence-corrected chi connectivity index (χ4v) is 1.48. The van der Waals surface area contributed by atoms with E-state index in [0.717, 1.165) is 15.8 Å². The smallest absolute Gasteiger partial charge is 0.124 e. The Hall–Kier alpha value is -0.540. The largest absolute Gasteiger partial charge is 0.491 e. The van der Waals surface area contributed by atoms with Crippen LogP contribution in [0.2, 0.25) is 0 Å². The summed E-state index contributed by atoms with van der Waals surface area (Å²) in [5, 5.41) is 0. The average Bonchev–Trinajstić information content (AvgIpc) is 2.07. The molecule has 3 heteroatoms. The third kappa shape index (κ3) is 3.01. The first kappa shape index (κ1) is 10.5. The Kier molecular flexibility index (Phi) is 3.75. The van der Waals surface area contributed by atoms with Crippen molar-refractivity contribution >= 4 is 15.9 Å². The van der Waals surface area contributed by atoms with Gasteiger partial charge in [-0.15, -0.1) is 0 Å². The molecule has 0 heterocycles. The first-order valence-corrected chi connectivity index (χ1v) is 5.08. The Morgan fingerprint density at radius 1 is 1.46 bits per heavy atom. The highest BCUT2D eigenvalue weighted by Crippen LogP contribution is 2.23. The van der Waals surface area contributed by atoms with Gasteiger partial charge in [-0.1, -0.05) is 15.9 Å². The number of nitrogens with two attached hydrogens (primary N) is 1.